The van der Waals surface area contributed by atoms with Crippen molar-refractivity contribution >= 4 is 52.5 Å². The first-order valence-electron chi connectivity index (χ1n) is 12.3. The Hall–Kier alpha value is -2.63. The highest BCUT2D eigenvalue weighted by Crippen LogP contribution is 2.26. The molecule has 38 heavy (non-hydrogen) atoms. The average molecular weight is 579 g/mol. The van der Waals surface area contributed by atoms with E-state index < -0.39 is 5.97 Å². The van der Waals surface area contributed by atoms with Gasteiger partial charge in [-0.05, 0) is 48.9 Å². The number of carbonyl (C=O) groups is 2. The topological polar surface area (TPSA) is 98.6 Å². The fraction of sp³-hybridized carbons (Fsp3) is 0.385. The van der Waals surface area contributed by atoms with Gasteiger partial charge in [0.1, 0.15) is 0 Å². The molecule has 1 aromatic heterocycles. The number of ether oxygens (including phenoxy) is 2. The molecule has 2 aromatic carbocycles. The molecule has 3 aromatic rings. The number of unbranched alkanes of at least 4 members (excludes halogenated alkanes) is 1. The lowest BCUT2D eigenvalue weighted by atomic mass is 10.2. The first-order chi connectivity index (χ1) is 18.4. The molecule has 1 aliphatic heterocycles. The summed E-state index contributed by atoms with van der Waals surface area (Å²) in [6, 6.07) is 12.1. The quantitative estimate of drug-likeness (QED) is 0.191. The van der Waals surface area contributed by atoms with Gasteiger partial charge in [0, 0.05) is 29.5 Å². The van der Waals surface area contributed by atoms with Crippen LogP contribution in [-0.2, 0) is 20.8 Å². The molecule has 0 atom stereocenters. The summed E-state index contributed by atoms with van der Waals surface area (Å²) in [5.41, 5.74) is 1.52. The summed E-state index contributed by atoms with van der Waals surface area (Å²) in [7, 11) is 0. The van der Waals surface area contributed by atoms with E-state index >= 15 is 0 Å². The van der Waals surface area contributed by atoms with Crippen molar-refractivity contribution < 1.29 is 19.1 Å². The average Bonchev–Trinajstić information content (AvgIpc) is 3.32. The molecule has 1 aliphatic rings. The van der Waals surface area contributed by atoms with Gasteiger partial charge in [-0.2, -0.15) is 0 Å². The van der Waals surface area contributed by atoms with Crippen LogP contribution in [0.4, 0.5) is 5.69 Å². The van der Waals surface area contributed by atoms with E-state index in [1.807, 2.05) is 35.8 Å². The van der Waals surface area contributed by atoms with Crippen molar-refractivity contribution in [1.82, 2.24) is 19.7 Å². The van der Waals surface area contributed by atoms with Crippen LogP contribution < -0.4 is 5.32 Å². The predicted molar refractivity (Wildman–Crippen MR) is 148 cm³/mol. The molecule has 1 fully saturated rings. The van der Waals surface area contributed by atoms with Crippen LogP contribution in [0.2, 0.25) is 10.0 Å². The van der Waals surface area contributed by atoms with Gasteiger partial charge in [0.15, 0.2) is 11.0 Å². The molecule has 0 bridgehead atoms. The number of morpholine rings is 1. The van der Waals surface area contributed by atoms with Crippen molar-refractivity contribution in [1.29, 1.82) is 0 Å². The summed E-state index contributed by atoms with van der Waals surface area (Å²) in [5.74, 6) is 0.0733. The molecule has 202 valence electrons. The third-order valence-corrected chi connectivity index (χ3v) is 7.30. The van der Waals surface area contributed by atoms with E-state index in [0.717, 1.165) is 37.4 Å². The zero-order valence-corrected chi connectivity index (χ0v) is 23.3. The van der Waals surface area contributed by atoms with Crippen molar-refractivity contribution in [2.24, 2.45) is 0 Å². The number of nitrogens with zero attached hydrogens (tertiary/aromatic N) is 4. The van der Waals surface area contributed by atoms with Crippen molar-refractivity contribution in [3.05, 3.63) is 63.9 Å². The number of rotatable bonds is 11. The minimum atomic E-state index is -0.516. The van der Waals surface area contributed by atoms with Crippen LogP contribution in [0.1, 0.15) is 35.9 Å². The maximum absolute atomic E-state index is 12.8. The number of anilines is 1. The summed E-state index contributed by atoms with van der Waals surface area (Å²) < 4.78 is 12.7. The predicted octanol–water partition coefficient (Wildman–Crippen LogP) is 5.09. The number of nitrogens with one attached hydrogen (secondary N) is 1. The first kappa shape index (κ1) is 28.4. The van der Waals surface area contributed by atoms with E-state index in [0.29, 0.717) is 42.2 Å². The Morgan fingerprint density at radius 2 is 1.87 bits per heavy atom. The molecule has 4 rings (SSSR count). The zero-order chi connectivity index (χ0) is 26.9. The zero-order valence-electron chi connectivity index (χ0n) is 21.0. The molecule has 0 saturated carbocycles. The van der Waals surface area contributed by atoms with Gasteiger partial charge in [0.05, 0.1) is 42.7 Å². The molecule has 1 N–H and O–H groups in total. The standard InChI is InChI=1S/C26H29Cl2N5O4S/c1-2-3-12-37-25(35)21-15-19(6-9-22(21)28)29-24(34)17-38-26-31-30-23(16-32-10-13-36-14-11-32)33(26)20-7-4-18(27)5-8-20/h4-9,15H,2-3,10-14,16-17H2,1H3,(H,29,34). The van der Waals surface area contributed by atoms with Crippen LogP contribution in [0.3, 0.4) is 0 Å². The number of thioether (sulfide) groups is 1. The molecule has 2 heterocycles. The largest absolute Gasteiger partial charge is 0.462 e. The number of aromatic nitrogens is 3. The van der Waals surface area contributed by atoms with Crippen molar-refractivity contribution in [3.8, 4) is 5.69 Å². The smallest absolute Gasteiger partial charge is 0.339 e. The molecular weight excluding hydrogens is 549 g/mol. The van der Waals surface area contributed by atoms with Gasteiger partial charge in [0.2, 0.25) is 5.91 Å². The van der Waals surface area contributed by atoms with E-state index in [9.17, 15) is 9.59 Å². The lowest BCUT2D eigenvalue weighted by Crippen LogP contribution is -2.36. The summed E-state index contributed by atoms with van der Waals surface area (Å²) in [5, 5.41) is 13.1. The summed E-state index contributed by atoms with van der Waals surface area (Å²) in [6.45, 7) is 5.92. The Bertz CT molecular complexity index is 1250. The highest BCUT2D eigenvalue weighted by Gasteiger charge is 2.20. The van der Waals surface area contributed by atoms with Gasteiger partial charge in [0.25, 0.3) is 0 Å². The number of benzene rings is 2. The maximum Gasteiger partial charge on any atom is 0.339 e. The third-order valence-electron chi connectivity index (χ3n) is 5.79. The summed E-state index contributed by atoms with van der Waals surface area (Å²) in [6.07, 6.45) is 1.68. The van der Waals surface area contributed by atoms with Crippen molar-refractivity contribution in [2.75, 3.05) is 44.0 Å². The number of esters is 1. The molecule has 0 spiro atoms. The van der Waals surface area contributed by atoms with E-state index in [2.05, 4.69) is 20.4 Å². The van der Waals surface area contributed by atoms with Crippen LogP contribution in [-0.4, -0.2) is 70.2 Å². The van der Waals surface area contributed by atoms with Gasteiger partial charge < -0.3 is 14.8 Å². The number of amides is 1. The highest BCUT2D eigenvalue weighted by molar-refractivity contribution is 7.99. The molecule has 0 unspecified atom stereocenters. The SMILES string of the molecule is CCCCOC(=O)c1cc(NC(=O)CSc2nnc(CN3CCOCC3)n2-c2ccc(Cl)cc2)ccc1Cl. The van der Waals surface area contributed by atoms with Crippen molar-refractivity contribution in [3.63, 3.8) is 0 Å². The summed E-state index contributed by atoms with van der Waals surface area (Å²) in [4.78, 5) is 27.4. The second-order valence-electron chi connectivity index (χ2n) is 8.62. The van der Waals surface area contributed by atoms with E-state index in [1.165, 1.54) is 17.8 Å². The van der Waals surface area contributed by atoms with E-state index in [-0.39, 0.29) is 22.2 Å². The van der Waals surface area contributed by atoms with Crippen LogP contribution in [0.5, 0.6) is 0 Å². The molecule has 1 amide bonds. The fourth-order valence-corrected chi connectivity index (χ4v) is 4.87. The molecule has 9 nitrogen and oxygen atoms in total. The minimum absolute atomic E-state index is 0.0855. The second kappa shape index (κ2) is 14.0. The molecule has 1 saturated heterocycles. The molecule has 0 aliphatic carbocycles. The van der Waals surface area contributed by atoms with Gasteiger partial charge >= 0.3 is 5.97 Å². The Morgan fingerprint density at radius 3 is 2.61 bits per heavy atom. The normalized spacial score (nSPS) is 13.9. The summed E-state index contributed by atoms with van der Waals surface area (Å²) >= 11 is 13.6. The van der Waals surface area contributed by atoms with Crippen molar-refractivity contribution in [2.45, 2.75) is 31.5 Å². The minimum Gasteiger partial charge on any atom is -0.462 e. The van der Waals surface area contributed by atoms with E-state index in [4.69, 9.17) is 32.7 Å². The number of hydrogen-bond acceptors (Lipinski definition) is 8. The van der Waals surface area contributed by atoms with Gasteiger partial charge in [-0.3, -0.25) is 14.3 Å². The van der Waals surface area contributed by atoms with Crippen LogP contribution in [0.25, 0.3) is 5.69 Å². The number of carbonyl (C=O) groups excluding carboxylic acids is 2. The Balaban J connectivity index is 1.44. The lowest BCUT2D eigenvalue weighted by Gasteiger charge is -2.26. The first-order valence-corrected chi connectivity index (χ1v) is 14.1. The van der Waals surface area contributed by atoms with Crippen LogP contribution >= 0.6 is 35.0 Å². The Labute approximate surface area is 235 Å². The molecular formula is C26H29Cl2N5O4S. The van der Waals surface area contributed by atoms with Gasteiger partial charge in [-0.25, -0.2) is 4.79 Å². The monoisotopic (exact) mass is 577 g/mol. The lowest BCUT2D eigenvalue weighted by molar-refractivity contribution is -0.113. The fourth-order valence-electron chi connectivity index (χ4n) is 3.78. The van der Waals surface area contributed by atoms with Gasteiger partial charge in [-0.1, -0.05) is 48.3 Å². The van der Waals surface area contributed by atoms with Crippen LogP contribution in [0, 0.1) is 0 Å². The van der Waals surface area contributed by atoms with Gasteiger partial charge in [-0.15, -0.1) is 10.2 Å². The van der Waals surface area contributed by atoms with Crippen LogP contribution in [0.15, 0.2) is 47.6 Å². The maximum atomic E-state index is 12.8. The molecule has 0 radical (unpaired) electrons. The number of hydrogen-bond donors (Lipinski definition) is 1. The number of halogens is 2. The Morgan fingerprint density at radius 1 is 1.11 bits per heavy atom. The Kier molecular flexibility index (Phi) is 10.4. The highest BCUT2D eigenvalue weighted by atomic mass is 35.5. The second-order valence-corrected chi connectivity index (χ2v) is 10.4. The van der Waals surface area contributed by atoms with E-state index in [1.54, 1.807) is 12.1 Å². The third kappa shape index (κ3) is 7.70. The molecule has 12 heteroatoms.